The second-order valence-electron chi connectivity index (χ2n) is 4.34. The van der Waals surface area contributed by atoms with Crippen LogP contribution < -0.4 is 10.6 Å². The number of carbonyl (C=O) groups excluding carboxylic acids is 1. The first kappa shape index (κ1) is 14.3. The molecule has 1 heterocycles. The predicted molar refractivity (Wildman–Crippen MR) is 79.2 cm³/mol. The Morgan fingerprint density at radius 3 is 2.62 bits per heavy atom. The summed E-state index contributed by atoms with van der Waals surface area (Å²) >= 11 is 0. The lowest BCUT2D eigenvalue weighted by atomic mass is 10.2. The number of rotatable bonds is 3. The van der Waals surface area contributed by atoms with E-state index < -0.39 is 5.97 Å². The molecule has 0 unspecified atom stereocenters. The summed E-state index contributed by atoms with van der Waals surface area (Å²) in [5, 5.41) is 8.80. The Labute approximate surface area is 122 Å². The Balaban J connectivity index is 2.36. The lowest BCUT2D eigenvalue weighted by Gasteiger charge is -2.19. The van der Waals surface area contributed by atoms with Gasteiger partial charge < -0.3 is 15.4 Å². The zero-order chi connectivity index (χ0) is 15.4. The quantitative estimate of drug-likeness (QED) is 0.866. The number of benzene rings is 1. The number of nitriles is 1. The minimum absolute atomic E-state index is 0.263. The molecule has 0 bridgehead atoms. The molecule has 0 saturated heterocycles. The highest BCUT2D eigenvalue weighted by molar-refractivity contribution is 5.95. The van der Waals surface area contributed by atoms with Gasteiger partial charge >= 0.3 is 5.97 Å². The maximum absolute atomic E-state index is 11.6. The lowest BCUT2D eigenvalue weighted by Crippen LogP contribution is -2.14. The van der Waals surface area contributed by atoms with Crippen molar-refractivity contribution in [1.82, 2.24) is 4.98 Å². The van der Waals surface area contributed by atoms with Crippen molar-refractivity contribution in [2.75, 3.05) is 24.8 Å². The number of nitrogens with two attached hydrogens (primary N) is 1. The van der Waals surface area contributed by atoms with Crippen LogP contribution >= 0.6 is 0 Å². The van der Waals surface area contributed by atoms with Crippen LogP contribution in [-0.4, -0.2) is 25.1 Å². The van der Waals surface area contributed by atoms with Gasteiger partial charge in [-0.3, -0.25) is 0 Å². The van der Waals surface area contributed by atoms with Gasteiger partial charge in [0.2, 0.25) is 0 Å². The monoisotopic (exact) mass is 282 g/mol. The number of nitrogen functional groups attached to an aromatic ring is 1. The van der Waals surface area contributed by atoms with Crippen LogP contribution in [0, 0.1) is 11.3 Å². The smallest absolute Gasteiger partial charge is 0.340 e. The van der Waals surface area contributed by atoms with E-state index in [0.717, 1.165) is 5.69 Å². The largest absolute Gasteiger partial charge is 0.465 e. The van der Waals surface area contributed by atoms with E-state index in [1.165, 1.54) is 13.3 Å². The first-order valence-corrected chi connectivity index (χ1v) is 6.14. The van der Waals surface area contributed by atoms with E-state index >= 15 is 0 Å². The van der Waals surface area contributed by atoms with E-state index in [1.54, 1.807) is 42.3 Å². The number of aromatic nitrogens is 1. The third-order valence-electron chi connectivity index (χ3n) is 3.05. The number of esters is 1. The topological polar surface area (TPSA) is 92.2 Å². The number of carbonyl (C=O) groups is 1. The molecule has 0 spiro atoms. The van der Waals surface area contributed by atoms with E-state index in [-0.39, 0.29) is 11.3 Å². The molecule has 0 radical (unpaired) electrons. The Kier molecular flexibility index (Phi) is 4.05. The SMILES string of the molecule is COC(=O)c1cc(N(C)c2ccc(C#N)cc2)ncc1N. The van der Waals surface area contributed by atoms with Crippen LogP contribution in [0.5, 0.6) is 0 Å². The predicted octanol–water partition coefficient (Wildman–Crippen LogP) is 2.09. The molecule has 2 rings (SSSR count). The van der Waals surface area contributed by atoms with Crippen LogP contribution in [0.25, 0.3) is 0 Å². The molecular weight excluding hydrogens is 268 g/mol. The highest BCUT2D eigenvalue weighted by Gasteiger charge is 2.14. The minimum atomic E-state index is -0.510. The lowest BCUT2D eigenvalue weighted by molar-refractivity contribution is 0.0602. The second-order valence-corrected chi connectivity index (χ2v) is 4.34. The summed E-state index contributed by atoms with van der Waals surface area (Å²) in [6.45, 7) is 0. The van der Waals surface area contributed by atoms with Gasteiger partial charge in [-0.05, 0) is 30.3 Å². The Bertz CT molecular complexity index is 705. The van der Waals surface area contributed by atoms with Crippen LogP contribution in [0.4, 0.5) is 17.2 Å². The standard InChI is InChI=1S/C15H14N4O2/c1-19(11-5-3-10(8-16)4-6-11)14-7-12(15(20)21-2)13(17)9-18-14/h3-7,9H,17H2,1-2H3. The summed E-state index contributed by atoms with van der Waals surface area (Å²) in [5.74, 6) is 0.0405. The van der Waals surface area contributed by atoms with E-state index in [4.69, 9.17) is 11.0 Å². The summed E-state index contributed by atoms with van der Waals surface area (Å²) in [5.41, 5.74) is 7.67. The Morgan fingerprint density at radius 1 is 1.38 bits per heavy atom. The van der Waals surface area contributed by atoms with Crippen LogP contribution in [0.1, 0.15) is 15.9 Å². The summed E-state index contributed by atoms with van der Waals surface area (Å²) in [7, 11) is 3.10. The average molecular weight is 282 g/mol. The maximum Gasteiger partial charge on any atom is 0.340 e. The van der Waals surface area contributed by atoms with E-state index in [0.29, 0.717) is 11.4 Å². The molecule has 1 aromatic carbocycles. The summed E-state index contributed by atoms with van der Waals surface area (Å²) in [6.07, 6.45) is 1.42. The summed E-state index contributed by atoms with van der Waals surface area (Å²) < 4.78 is 4.69. The highest BCUT2D eigenvalue weighted by Crippen LogP contribution is 2.24. The fraction of sp³-hybridized carbons (Fsp3) is 0.133. The number of hydrogen-bond acceptors (Lipinski definition) is 6. The van der Waals surface area contributed by atoms with Crippen molar-refractivity contribution >= 4 is 23.2 Å². The molecule has 0 aliphatic rings. The van der Waals surface area contributed by atoms with Gasteiger partial charge in [0.05, 0.1) is 36.2 Å². The normalized spacial score (nSPS) is 9.76. The molecule has 0 aliphatic carbocycles. The zero-order valence-electron chi connectivity index (χ0n) is 11.7. The number of pyridine rings is 1. The van der Waals surface area contributed by atoms with Crippen molar-refractivity contribution in [3.8, 4) is 6.07 Å². The van der Waals surface area contributed by atoms with E-state index in [2.05, 4.69) is 15.8 Å². The van der Waals surface area contributed by atoms with Gasteiger partial charge in [-0.25, -0.2) is 9.78 Å². The molecule has 0 fully saturated rings. The average Bonchev–Trinajstić information content (AvgIpc) is 2.54. The van der Waals surface area contributed by atoms with Crippen molar-refractivity contribution in [2.24, 2.45) is 0 Å². The second kappa shape index (κ2) is 5.92. The molecule has 2 aromatic rings. The maximum atomic E-state index is 11.6. The molecule has 6 heteroatoms. The number of nitrogens with zero attached hydrogens (tertiary/aromatic N) is 3. The molecule has 0 atom stereocenters. The van der Waals surface area contributed by atoms with Gasteiger partial charge in [-0.2, -0.15) is 5.26 Å². The molecular formula is C15H14N4O2. The third kappa shape index (κ3) is 2.92. The van der Waals surface area contributed by atoms with Gasteiger partial charge in [0.25, 0.3) is 0 Å². The molecule has 1 aromatic heterocycles. The van der Waals surface area contributed by atoms with Gasteiger partial charge in [0.15, 0.2) is 0 Å². The third-order valence-corrected chi connectivity index (χ3v) is 3.05. The van der Waals surface area contributed by atoms with Crippen molar-refractivity contribution in [3.05, 3.63) is 47.7 Å². The van der Waals surface area contributed by atoms with Gasteiger partial charge in [-0.15, -0.1) is 0 Å². The van der Waals surface area contributed by atoms with Crippen LogP contribution in [0.3, 0.4) is 0 Å². The summed E-state index contributed by atoms with van der Waals surface area (Å²) in [4.78, 5) is 17.6. The van der Waals surface area contributed by atoms with Gasteiger partial charge in [0.1, 0.15) is 5.82 Å². The van der Waals surface area contributed by atoms with Crippen molar-refractivity contribution < 1.29 is 9.53 Å². The molecule has 106 valence electrons. The summed E-state index contributed by atoms with van der Waals surface area (Å²) in [6, 6.07) is 10.7. The van der Waals surface area contributed by atoms with E-state index in [9.17, 15) is 4.79 Å². The van der Waals surface area contributed by atoms with Crippen LogP contribution in [-0.2, 0) is 4.74 Å². The van der Waals surface area contributed by atoms with Crippen molar-refractivity contribution in [3.63, 3.8) is 0 Å². The molecule has 2 N–H and O–H groups in total. The number of hydrogen-bond donors (Lipinski definition) is 1. The molecule has 6 nitrogen and oxygen atoms in total. The number of ether oxygens (including phenoxy) is 1. The van der Waals surface area contributed by atoms with Crippen LogP contribution in [0.15, 0.2) is 36.5 Å². The van der Waals surface area contributed by atoms with Gasteiger partial charge in [-0.1, -0.05) is 0 Å². The number of methoxy groups -OCH3 is 1. The van der Waals surface area contributed by atoms with Crippen LogP contribution in [0.2, 0.25) is 0 Å². The molecule has 0 aliphatic heterocycles. The molecule has 0 saturated carbocycles. The fourth-order valence-electron chi connectivity index (χ4n) is 1.82. The fourth-order valence-corrected chi connectivity index (χ4v) is 1.82. The zero-order valence-corrected chi connectivity index (χ0v) is 11.7. The number of anilines is 3. The molecule has 0 amide bonds. The highest BCUT2D eigenvalue weighted by atomic mass is 16.5. The van der Waals surface area contributed by atoms with Crippen molar-refractivity contribution in [1.29, 1.82) is 5.26 Å². The molecule has 21 heavy (non-hydrogen) atoms. The van der Waals surface area contributed by atoms with E-state index in [1.807, 2.05) is 0 Å². The Hall–Kier alpha value is -3.07. The van der Waals surface area contributed by atoms with Crippen molar-refractivity contribution in [2.45, 2.75) is 0 Å². The first-order valence-electron chi connectivity index (χ1n) is 6.14. The minimum Gasteiger partial charge on any atom is -0.465 e. The Morgan fingerprint density at radius 2 is 2.05 bits per heavy atom. The van der Waals surface area contributed by atoms with Gasteiger partial charge in [0, 0.05) is 12.7 Å². The first-order chi connectivity index (χ1) is 10.1.